The molecule has 0 aromatic carbocycles. The van der Waals surface area contributed by atoms with E-state index in [1.165, 1.54) is 5.56 Å². The molecule has 0 saturated carbocycles. The standard InChI is InChI=1S/C20H21N5S2/c1-14-9-15(2)22-19(18(14)10-21)25-6-4-24(5-7-25)11-17-13-27-20(23-17)16-3-8-26-12-16/h3,8-9,12-13H,4-7,11H2,1-2H3. The maximum atomic E-state index is 9.51. The smallest absolute Gasteiger partial charge is 0.147 e. The SMILES string of the molecule is Cc1cc(C)c(C#N)c(N2CCN(Cc3csc(-c4ccsc4)n3)CC2)n1. The molecule has 0 spiro atoms. The zero-order valence-electron chi connectivity index (χ0n) is 15.5. The molecule has 4 rings (SSSR count). The number of anilines is 1. The van der Waals surface area contributed by atoms with E-state index >= 15 is 0 Å². The Hall–Kier alpha value is -2.27. The summed E-state index contributed by atoms with van der Waals surface area (Å²) in [6.45, 7) is 8.51. The molecule has 0 unspecified atom stereocenters. The lowest BCUT2D eigenvalue weighted by Crippen LogP contribution is -2.46. The predicted octanol–water partition coefficient (Wildman–Crippen LogP) is 4.08. The molecule has 0 N–H and O–H groups in total. The lowest BCUT2D eigenvalue weighted by atomic mass is 10.1. The van der Waals surface area contributed by atoms with Gasteiger partial charge in [-0.25, -0.2) is 9.97 Å². The highest BCUT2D eigenvalue weighted by Crippen LogP contribution is 2.27. The molecule has 4 heterocycles. The van der Waals surface area contributed by atoms with Crippen LogP contribution in [0.2, 0.25) is 0 Å². The Balaban J connectivity index is 1.41. The van der Waals surface area contributed by atoms with Crippen LogP contribution in [0, 0.1) is 25.2 Å². The highest BCUT2D eigenvalue weighted by atomic mass is 32.1. The molecule has 3 aromatic heterocycles. The molecule has 0 radical (unpaired) electrons. The molecule has 3 aromatic rings. The minimum Gasteiger partial charge on any atom is -0.353 e. The van der Waals surface area contributed by atoms with Gasteiger partial charge in [0.2, 0.25) is 0 Å². The number of nitriles is 1. The summed E-state index contributed by atoms with van der Waals surface area (Å²) in [5, 5.41) is 17.0. The zero-order valence-corrected chi connectivity index (χ0v) is 17.1. The highest BCUT2D eigenvalue weighted by molar-refractivity contribution is 7.14. The van der Waals surface area contributed by atoms with Crippen molar-refractivity contribution >= 4 is 28.5 Å². The number of nitrogens with zero attached hydrogens (tertiary/aromatic N) is 5. The van der Waals surface area contributed by atoms with Crippen LogP contribution in [0.3, 0.4) is 0 Å². The van der Waals surface area contributed by atoms with Crippen LogP contribution in [-0.4, -0.2) is 41.0 Å². The van der Waals surface area contributed by atoms with Gasteiger partial charge in [-0.15, -0.1) is 11.3 Å². The molecule has 7 heteroatoms. The second kappa shape index (κ2) is 7.77. The van der Waals surface area contributed by atoms with Gasteiger partial charge in [-0.2, -0.15) is 16.6 Å². The minimum absolute atomic E-state index is 0.703. The Morgan fingerprint density at radius 1 is 1.15 bits per heavy atom. The van der Waals surface area contributed by atoms with Crippen molar-refractivity contribution in [2.75, 3.05) is 31.1 Å². The molecule has 1 saturated heterocycles. The van der Waals surface area contributed by atoms with E-state index in [4.69, 9.17) is 4.98 Å². The maximum absolute atomic E-state index is 9.51. The zero-order chi connectivity index (χ0) is 18.8. The Kier molecular flexibility index (Phi) is 5.21. The number of aryl methyl sites for hydroxylation is 2. The van der Waals surface area contributed by atoms with Gasteiger partial charge < -0.3 is 4.90 Å². The van der Waals surface area contributed by atoms with Crippen molar-refractivity contribution in [2.45, 2.75) is 20.4 Å². The first-order chi connectivity index (χ1) is 13.1. The summed E-state index contributed by atoms with van der Waals surface area (Å²) in [6, 6.07) is 6.43. The van der Waals surface area contributed by atoms with Gasteiger partial charge in [0.1, 0.15) is 16.9 Å². The quantitative estimate of drug-likeness (QED) is 0.666. The lowest BCUT2D eigenvalue weighted by Gasteiger charge is -2.35. The van der Waals surface area contributed by atoms with E-state index in [0.29, 0.717) is 5.56 Å². The van der Waals surface area contributed by atoms with Crippen molar-refractivity contribution in [1.82, 2.24) is 14.9 Å². The van der Waals surface area contributed by atoms with Crippen LogP contribution in [0.4, 0.5) is 5.82 Å². The molecule has 1 aliphatic rings. The van der Waals surface area contributed by atoms with Crippen LogP contribution in [0.15, 0.2) is 28.3 Å². The van der Waals surface area contributed by atoms with E-state index < -0.39 is 0 Å². The summed E-state index contributed by atoms with van der Waals surface area (Å²) >= 11 is 3.42. The summed E-state index contributed by atoms with van der Waals surface area (Å²) in [7, 11) is 0. The fourth-order valence-electron chi connectivity index (χ4n) is 3.43. The van der Waals surface area contributed by atoms with Gasteiger partial charge in [0.25, 0.3) is 0 Å². The molecule has 138 valence electrons. The second-order valence-corrected chi connectivity index (χ2v) is 8.45. The summed E-state index contributed by atoms with van der Waals surface area (Å²) in [6.07, 6.45) is 0. The predicted molar refractivity (Wildman–Crippen MR) is 111 cm³/mol. The van der Waals surface area contributed by atoms with Crippen molar-refractivity contribution in [3.05, 3.63) is 50.8 Å². The van der Waals surface area contributed by atoms with Gasteiger partial charge in [-0.1, -0.05) is 0 Å². The van der Waals surface area contributed by atoms with Gasteiger partial charge in [0.05, 0.1) is 11.3 Å². The van der Waals surface area contributed by atoms with Crippen molar-refractivity contribution in [3.8, 4) is 16.6 Å². The van der Waals surface area contributed by atoms with Crippen LogP contribution >= 0.6 is 22.7 Å². The number of hydrogen-bond acceptors (Lipinski definition) is 7. The number of aromatic nitrogens is 2. The van der Waals surface area contributed by atoms with E-state index in [1.54, 1.807) is 22.7 Å². The third kappa shape index (κ3) is 3.88. The van der Waals surface area contributed by atoms with Crippen LogP contribution in [0.25, 0.3) is 10.6 Å². The van der Waals surface area contributed by atoms with E-state index in [1.807, 2.05) is 19.9 Å². The highest BCUT2D eigenvalue weighted by Gasteiger charge is 2.22. The van der Waals surface area contributed by atoms with Crippen LogP contribution in [-0.2, 0) is 6.54 Å². The Bertz CT molecular complexity index is 963. The van der Waals surface area contributed by atoms with Crippen LogP contribution in [0.1, 0.15) is 22.5 Å². The monoisotopic (exact) mass is 395 g/mol. The number of thiazole rings is 1. The molecule has 1 fully saturated rings. The molecule has 27 heavy (non-hydrogen) atoms. The van der Waals surface area contributed by atoms with E-state index in [-0.39, 0.29) is 0 Å². The average Bonchev–Trinajstić information content (AvgIpc) is 3.33. The van der Waals surface area contributed by atoms with Gasteiger partial charge in [-0.3, -0.25) is 4.90 Å². The third-order valence-electron chi connectivity index (χ3n) is 4.81. The van der Waals surface area contributed by atoms with E-state index in [2.05, 4.69) is 43.1 Å². The fourth-order valence-corrected chi connectivity index (χ4v) is 4.95. The fraction of sp³-hybridized carbons (Fsp3) is 0.350. The second-order valence-electron chi connectivity index (χ2n) is 6.81. The number of thiophene rings is 1. The van der Waals surface area contributed by atoms with Crippen LogP contribution in [0.5, 0.6) is 0 Å². The van der Waals surface area contributed by atoms with Gasteiger partial charge in [-0.05, 0) is 36.9 Å². The van der Waals surface area contributed by atoms with Crippen LogP contribution < -0.4 is 4.90 Å². The number of hydrogen-bond donors (Lipinski definition) is 0. The molecule has 0 amide bonds. The number of pyridine rings is 1. The molecule has 5 nitrogen and oxygen atoms in total. The first kappa shape index (κ1) is 18.1. The molecule has 0 aliphatic carbocycles. The summed E-state index contributed by atoms with van der Waals surface area (Å²) in [4.78, 5) is 14.1. The largest absolute Gasteiger partial charge is 0.353 e. The summed E-state index contributed by atoms with van der Waals surface area (Å²) < 4.78 is 0. The third-order valence-corrected chi connectivity index (χ3v) is 6.44. The van der Waals surface area contributed by atoms with Crippen molar-refractivity contribution < 1.29 is 0 Å². The van der Waals surface area contributed by atoms with Gasteiger partial charge in [0, 0.05) is 54.7 Å². The lowest BCUT2D eigenvalue weighted by molar-refractivity contribution is 0.247. The topological polar surface area (TPSA) is 56.1 Å². The maximum Gasteiger partial charge on any atom is 0.147 e. The first-order valence-electron chi connectivity index (χ1n) is 8.96. The van der Waals surface area contributed by atoms with Gasteiger partial charge in [0.15, 0.2) is 0 Å². The average molecular weight is 396 g/mol. The van der Waals surface area contributed by atoms with E-state index in [9.17, 15) is 5.26 Å². The van der Waals surface area contributed by atoms with Crippen molar-refractivity contribution in [3.63, 3.8) is 0 Å². The molecular formula is C20H21N5S2. The molecule has 0 atom stereocenters. The molecular weight excluding hydrogens is 374 g/mol. The van der Waals surface area contributed by atoms with Gasteiger partial charge >= 0.3 is 0 Å². The summed E-state index contributed by atoms with van der Waals surface area (Å²) in [5.74, 6) is 0.836. The minimum atomic E-state index is 0.703. The Labute approximate surface area is 167 Å². The Morgan fingerprint density at radius 3 is 2.67 bits per heavy atom. The summed E-state index contributed by atoms with van der Waals surface area (Å²) in [5.41, 5.74) is 5.02. The molecule has 0 bridgehead atoms. The number of rotatable bonds is 4. The number of piperazine rings is 1. The molecule has 1 aliphatic heterocycles. The Morgan fingerprint density at radius 2 is 1.96 bits per heavy atom. The van der Waals surface area contributed by atoms with Crippen molar-refractivity contribution in [2.24, 2.45) is 0 Å². The van der Waals surface area contributed by atoms with E-state index in [0.717, 1.165) is 60.5 Å². The first-order valence-corrected chi connectivity index (χ1v) is 10.8. The normalized spacial score (nSPS) is 15.1. The van der Waals surface area contributed by atoms with Crippen molar-refractivity contribution in [1.29, 1.82) is 5.26 Å².